The molecule has 0 bridgehead atoms. The van der Waals surface area contributed by atoms with Crippen molar-refractivity contribution in [2.24, 2.45) is 0 Å². The Morgan fingerprint density at radius 1 is 0.923 bits per heavy atom. The van der Waals surface area contributed by atoms with Gasteiger partial charge in [0, 0.05) is 36.2 Å². The summed E-state index contributed by atoms with van der Waals surface area (Å²) in [5.74, 6) is 1.79. The largest absolute Gasteiger partial charge is 0.388 e. The zero-order valence-corrected chi connectivity index (χ0v) is 15.9. The van der Waals surface area contributed by atoms with Crippen LogP contribution in [0.2, 0.25) is 0 Å². The van der Waals surface area contributed by atoms with Crippen molar-refractivity contribution in [2.45, 2.75) is 19.7 Å². The molecule has 134 valence electrons. The Labute approximate surface area is 158 Å². The van der Waals surface area contributed by atoms with Gasteiger partial charge >= 0.3 is 0 Å². The van der Waals surface area contributed by atoms with Crippen molar-refractivity contribution in [3.8, 4) is 0 Å². The van der Waals surface area contributed by atoms with Crippen LogP contribution < -0.4 is 16.0 Å². The third kappa shape index (κ3) is 4.24. The fraction of sp³-hybridized carbons (Fsp3) is 0.200. The lowest BCUT2D eigenvalue weighted by molar-refractivity contribution is 1.16. The molecule has 0 saturated heterocycles. The number of hydrogen-bond donors (Lipinski definition) is 3. The Bertz CT molecular complexity index is 870. The van der Waals surface area contributed by atoms with Gasteiger partial charge in [-0.3, -0.25) is 0 Å². The highest BCUT2D eigenvalue weighted by Crippen LogP contribution is 2.26. The summed E-state index contributed by atoms with van der Waals surface area (Å²) in [5.41, 5.74) is 6.41. The normalized spacial score (nSPS) is 10.5. The third-order valence-electron chi connectivity index (χ3n) is 4.09. The van der Waals surface area contributed by atoms with E-state index >= 15 is 0 Å². The molecule has 0 radical (unpaired) electrons. The molecule has 0 fully saturated rings. The van der Waals surface area contributed by atoms with Gasteiger partial charge in [0.15, 0.2) is 0 Å². The zero-order valence-electron chi connectivity index (χ0n) is 15.1. The quantitative estimate of drug-likeness (QED) is 0.512. The molecule has 0 amide bonds. The van der Waals surface area contributed by atoms with Crippen LogP contribution in [0.25, 0.3) is 0 Å². The number of rotatable bonds is 6. The second kappa shape index (κ2) is 8.06. The molecule has 0 aliphatic heterocycles. The van der Waals surface area contributed by atoms with Gasteiger partial charge in [0.2, 0.25) is 5.95 Å². The van der Waals surface area contributed by atoms with E-state index in [9.17, 15) is 0 Å². The van der Waals surface area contributed by atoms with Crippen LogP contribution in [-0.2, 0) is 5.88 Å². The average molecular weight is 368 g/mol. The maximum absolute atomic E-state index is 5.95. The first-order chi connectivity index (χ1) is 12.6. The number of nitrogens with one attached hydrogen (secondary N) is 3. The second-order valence-electron chi connectivity index (χ2n) is 6.08. The van der Waals surface area contributed by atoms with E-state index in [-0.39, 0.29) is 0 Å². The van der Waals surface area contributed by atoms with Crippen LogP contribution in [0.1, 0.15) is 16.7 Å². The van der Waals surface area contributed by atoms with Crippen molar-refractivity contribution in [1.29, 1.82) is 0 Å². The summed E-state index contributed by atoms with van der Waals surface area (Å²) in [7, 11) is 1.89. The van der Waals surface area contributed by atoms with Crippen molar-refractivity contribution in [3.63, 3.8) is 0 Å². The molecule has 0 aliphatic carbocycles. The minimum atomic E-state index is 0.510. The van der Waals surface area contributed by atoms with Crippen LogP contribution in [0.5, 0.6) is 0 Å². The van der Waals surface area contributed by atoms with E-state index < -0.39 is 0 Å². The number of benzene rings is 2. The Morgan fingerprint density at radius 2 is 1.58 bits per heavy atom. The van der Waals surface area contributed by atoms with Gasteiger partial charge in [0.1, 0.15) is 5.82 Å². The van der Waals surface area contributed by atoms with Crippen LogP contribution in [0.15, 0.2) is 48.7 Å². The van der Waals surface area contributed by atoms with Gasteiger partial charge in [-0.15, -0.1) is 11.6 Å². The van der Waals surface area contributed by atoms with E-state index in [0.717, 1.165) is 39.6 Å². The zero-order chi connectivity index (χ0) is 18.5. The molecule has 1 heterocycles. The number of aromatic nitrogens is 2. The van der Waals surface area contributed by atoms with Crippen LogP contribution in [0.4, 0.5) is 28.8 Å². The lowest BCUT2D eigenvalue weighted by Gasteiger charge is -2.14. The molecule has 0 unspecified atom stereocenters. The molecule has 3 aromatic rings. The summed E-state index contributed by atoms with van der Waals surface area (Å²) in [6.45, 7) is 4.13. The molecule has 0 spiro atoms. The van der Waals surface area contributed by atoms with Gasteiger partial charge < -0.3 is 16.0 Å². The maximum Gasteiger partial charge on any atom is 0.229 e. The number of aryl methyl sites for hydroxylation is 2. The average Bonchev–Trinajstić information content (AvgIpc) is 2.65. The SMILES string of the molecule is CNc1ccc(Nc2nccc(Nc3c(C)cc(CCl)cc3C)n2)cc1. The molecule has 1 aromatic heterocycles. The minimum Gasteiger partial charge on any atom is -0.388 e. The number of nitrogens with zero attached hydrogens (tertiary/aromatic N) is 2. The summed E-state index contributed by atoms with van der Waals surface area (Å²) < 4.78 is 0. The van der Waals surface area contributed by atoms with E-state index in [1.165, 1.54) is 0 Å². The van der Waals surface area contributed by atoms with Crippen molar-refractivity contribution in [2.75, 3.05) is 23.0 Å². The van der Waals surface area contributed by atoms with Gasteiger partial charge in [0.05, 0.1) is 0 Å². The molecule has 0 aliphatic rings. The molecular formula is C20H22ClN5. The third-order valence-corrected chi connectivity index (χ3v) is 4.39. The monoisotopic (exact) mass is 367 g/mol. The first kappa shape index (κ1) is 18.0. The predicted molar refractivity (Wildman–Crippen MR) is 110 cm³/mol. The highest BCUT2D eigenvalue weighted by atomic mass is 35.5. The second-order valence-corrected chi connectivity index (χ2v) is 6.35. The number of alkyl halides is 1. The standard InChI is InChI=1S/C20H22ClN5/c1-13-10-15(12-21)11-14(2)19(13)25-18-8-9-23-20(26-18)24-17-6-4-16(22-3)5-7-17/h4-11,22H,12H2,1-3H3,(H2,23,24,25,26). The van der Waals surface area contributed by atoms with Crippen LogP contribution in [-0.4, -0.2) is 17.0 Å². The van der Waals surface area contributed by atoms with Crippen LogP contribution in [0, 0.1) is 13.8 Å². The minimum absolute atomic E-state index is 0.510. The van der Waals surface area contributed by atoms with Crippen molar-refractivity contribution in [3.05, 3.63) is 65.4 Å². The summed E-state index contributed by atoms with van der Waals surface area (Å²) in [6.07, 6.45) is 1.73. The van der Waals surface area contributed by atoms with Crippen LogP contribution >= 0.6 is 11.6 Å². The van der Waals surface area contributed by atoms with E-state index in [0.29, 0.717) is 11.8 Å². The van der Waals surface area contributed by atoms with Gasteiger partial charge in [-0.05, 0) is 60.9 Å². The molecule has 0 saturated carbocycles. The molecule has 3 rings (SSSR count). The van der Waals surface area contributed by atoms with E-state index in [1.807, 2.05) is 37.4 Å². The topological polar surface area (TPSA) is 61.9 Å². The Hall–Kier alpha value is -2.79. The Balaban J connectivity index is 1.79. The van der Waals surface area contributed by atoms with E-state index in [2.05, 4.69) is 51.9 Å². The number of hydrogen-bond acceptors (Lipinski definition) is 5. The van der Waals surface area contributed by atoms with Crippen molar-refractivity contribution >= 4 is 40.4 Å². The molecule has 0 atom stereocenters. The van der Waals surface area contributed by atoms with E-state index in [4.69, 9.17) is 11.6 Å². The van der Waals surface area contributed by atoms with Crippen molar-refractivity contribution < 1.29 is 0 Å². The van der Waals surface area contributed by atoms with Crippen LogP contribution in [0.3, 0.4) is 0 Å². The molecular weight excluding hydrogens is 346 g/mol. The van der Waals surface area contributed by atoms with Crippen molar-refractivity contribution in [1.82, 2.24) is 9.97 Å². The first-order valence-corrected chi connectivity index (χ1v) is 8.93. The van der Waals surface area contributed by atoms with Gasteiger partial charge in [-0.25, -0.2) is 4.98 Å². The highest BCUT2D eigenvalue weighted by Gasteiger charge is 2.07. The van der Waals surface area contributed by atoms with E-state index in [1.54, 1.807) is 6.20 Å². The lowest BCUT2D eigenvalue weighted by Crippen LogP contribution is -2.03. The number of anilines is 5. The molecule has 5 nitrogen and oxygen atoms in total. The molecule has 6 heteroatoms. The summed E-state index contributed by atoms with van der Waals surface area (Å²) in [4.78, 5) is 8.85. The smallest absolute Gasteiger partial charge is 0.229 e. The summed E-state index contributed by atoms with van der Waals surface area (Å²) >= 11 is 5.95. The molecule has 2 aromatic carbocycles. The summed E-state index contributed by atoms with van der Waals surface area (Å²) in [6, 6.07) is 14.0. The fourth-order valence-corrected chi connectivity index (χ4v) is 2.95. The van der Waals surface area contributed by atoms with Gasteiger partial charge in [0.25, 0.3) is 0 Å². The summed E-state index contributed by atoms with van der Waals surface area (Å²) in [5, 5.41) is 9.71. The maximum atomic E-state index is 5.95. The fourth-order valence-electron chi connectivity index (χ4n) is 2.79. The lowest BCUT2D eigenvalue weighted by atomic mass is 10.1. The highest BCUT2D eigenvalue weighted by molar-refractivity contribution is 6.17. The predicted octanol–water partition coefficient (Wildman–Crippen LogP) is 5.36. The first-order valence-electron chi connectivity index (χ1n) is 8.40. The van der Waals surface area contributed by atoms with Gasteiger partial charge in [-0.2, -0.15) is 4.98 Å². The Morgan fingerprint density at radius 3 is 2.19 bits per heavy atom. The van der Waals surface area contributed by atoms with Gasteiger partial charge in [-0.1, -0.05) is 12.1 Å². The molecule has 26 heavy (non-hydrogen) atoms. The number of halogens is 1. The Kier molecular flexibility index (Phi) is 5.58. The molecule has 3 N–H and O–H groups in total.